The predicted octanol–water partition coefficient (Wildman–Crippen LogP) is 0.241. The van der Waals surface area contributed by atoms with E-state index in [4.69, 9.17) is 5.73 Å². The van der Waals surface area contributed by atoms with E-state index in [9.17, 15) is 10.1 Å². The van der Waals surface area contributed by atoms with Crippen molar-refractivity contribution in [2.75, 3.05) is 6.54 Å². The summed E-state index contributed by atoms with van der Waals surface area (Å²) in [5.74, 6) is -0.228. The first-order valence-corrected chi connectivity index (χ1v) is 3.12. The molecule has 0 unspecified atom stereocenters. The SMILES string of the molecule is Cl.NCCc1cnc([N+](=O)[O-])[nH]1. The minimum atomic E-state index is -0.569. The second-order valence-corrected chi connectivity index (χ2v) is 2.03. The predicted molar refractivity (Wildman–Crippen MR) is 45.2 cm³/mol. The van der Waals surface area contributed by atoms with Crippen molar-refractivity contribution in [2.45, 2.75) is 6.42 Å². The Kier molecular flexibility index (Phi) is 4.24. The number of imidazole rings is 1. The van der Waals surface area contributed by atoms with Gasteiger partial charge in [0, 0.05) is 6.42 Å². The van der Waals surface area contributed by atoms with Crippen LogP contribution in [0.4, 0.5) is 5.95 Å². The van der Waals surface area contributed by atoms with Gasteiger partial charge in [0.1, 0.15) is 11.9 Å². The Morgan fingerprint density at radius 1 is 1.75 bits per heavy atom. The number of nitro groups is 1. The van der Waals surface area contributed by atoms with Gasteiger partial charge in [-0.2, -0.15) is 0 Å². The Morgan fingerprint density at radius 3 is 2.83 bits per heavy atom. The lowest BCUT2D eigenvalue weighted by Gasteiger charge is -1.87. The minimum absolute atomic E-state index is 0. The molecule has 7 heteroatoms. The number of nitrogens with one attached hydrogen (secondary N) is 1. The van der Waals surface area contributed by atoms with Crippen molar-refractivity contribution in [3.8, 4) is 0 Å². The molecule has 0 amide bonds. The standard InChI is InChI=1S/C5H8N4O2.ClH/c6-2-1-4-3-7-5(8-4)9(10)11;/h3H,1-2,6H2,(H,7,8);1H. The molecule has 0 aromatic carbocycles. The summed E-state index contributed by atoms with van der Waals surface area (Å²) in [5.41, 5.74) is 5.92. The summed E-state index contributed by atoms with van der Waals surface area (Å²) < 4.78 is 0. The third-order valence-corrected chi connectivity index (χ3v) is 1.20. The Bertz CT molecular complexity index is 262. The van der Waals surface area contributed by atoms with Crippen LogP contribution in [0.2, 0.25) is 0 Å². The zero-order valence-corrected chi connectivity index (χ0v) is 7.00. The number of aromatic nitrogens is 2. The van der Waals surface area contributed by atoms with Gasteiger partial charge in [-0.3, -0.25) is 0 Å². The van der Waals surface area contributed by atoms with Crippen molar-refractivity contribution in [2.24, 2.45) is 5.73 Å². The molecule has 12 heavy (non-hydrogen) atoms. The van der Waals surface area contributed by atoms with E-state index in [1.54, 1.807) is 0 Å². The Morgan fingerprint density at radius 2 is 2.42 bits per heavy atom. The fourth-order valence-electron chi connectivity index (χ4n) is 0.723. The highest BCUT2D eigenvalue weighted by molar-refractivity contribution is 5.85. The van der Waals surface area contributed by atoms with Crippen LogP contribution in [0.15, 0.2) is 6.20 Å². The summed E-state index contributed by atoms with van der Waals surface area (Å²) >= 11 is 0. The van der Waals surface area contributed by atoms with Crippen LogP contribution in [-0.4, -0.2) is 21.4 Å². The summed E-state index contributed by atoms with van der Waals surface area (Å²) in [6.45, 7) is 0.458. The normalized spacial score (nSPS) is 9.08. The number of hydrogen-bond donors (Lipinski definition) is 2. The van der Waals surface area contributed by atoms with Gasteiger partial charge in [-0.25, -0.2) is 4.98 Å². The van der Waals surface area contributed by atoms with Crippen LogP contribution in [0.3, 0.4) is 0 Å². The van der Waals surface area contributed by atoms with E-state index in [1.165, 1.54) is 6.20 Å². The number of nitrogens with two attached hydrogens (primary N) is 1. The van der Waals surface area contributed by atoms with Gasteiger partial charge < -0.3 is 15.8 Å². The van der Waals surface area contributed by atoms with E-state index in [0.717, 1.165) is 0 Å². The van der Waals surface area contributed by atoms with Crippen molar-refractivity contribution in [3.05, 3.63) is 22.0 Å². The quantitative estimate of drug-likeness (QED) is 0.530. The Labute approximate surface area is 74.7 Å². The van der Waals surface area contributed by atoms with Gasteiger partial charge >= 0.3 is 5.95 Å². The molecule has 1 aromatic rings. The number of H-pyrrole nitrogens is 1. The monoisotopic (exact) mass is 192 g/mol. The smallest absolute Gasteiger partial charge is 0.390 e. The lowest BCUT2D eigenvalue weighted by atomic mass is 10.3. The first-order chi connectivity index (χ1) is 5.24. The maximum Gasteiger partial charge on any atom is 0.432 e. The van der Waals surface area contributed by atoms with E-state index in [0.29, 0.717) is 18.7 Å². The van der Waals surface area contributed by atoms with Crippen LogP contribution in [0.25, 0.3) is 0 Å². The molecule has 1 rings (SSSR count). The van der Waals surface area contributed by atoms with Crippen LogP contribution < -0.4 is 5.73 Å². The summed E-state index contributed by atoms with van der Waals surface area (Å²) in [6.07, 6.45) is 2.01. The fraction of sp³-hybridized carbons (Fsp3) is 0.400. The van der Waals surface area contributed by atoms with E-state index >= 15 is 0 Å². The van der Waals surface area contributed by atoms with E-state index in [-0.39, 0.29) is 18.4 Å². The zero-order valence-electron chi connectivity index (χ0n) is 6.19. The third-order valence-electron chi connectivity index (χ3n) is 1.20. The highest BCUT2D eigenvalue weighted by Gasteiger charge is 2.09. The molecule has 0 fully saturated rings. The average molecular weight is 193 g/mol. The summed E-state index contributed by atoms with van der Waals surface area (Å²) in [6, 6.07) is 0. The minimum Gasteiger partial charge on any atom is -0.390 e. The molecule has 0 bridgehead atoms. The molecule has 0 saturated heterocycles. The fourth-order valence-corrected chi connectivity index (χ4v) is 0.723. The highest BCUT2D eigenvalue weighted by atomic mass is 35.5. The second kappa shape index (κ2) is 4.68. The third kappa shape index (κ3) is 2.48. The van der Waals surface area contributed by atoms with Crippen LogP contribution in [0.5, 0.6) is 0 Å². The summed E-state index contributed by atoms with van der Waals surface area (Å²) in [4.78, 5) is 15.6. The second-order valence-electron chi connectivity index (χ2n) is 2.03. The van der Waals surface area contributed by atoms with Crippen molar-refractivity contribution in [1.82, 2.24) is 9.97 Å². The molecule has 1 aromatic heterocycles. The average Bonchev–Trinajstić information content (AvgIpc) is 2.37. The molecule has 0 spiro atoms. The molecule has 0 aliphatic rings. The molecule has 0 aliphatic heterocycles. The Balaban J connectivity index is 0.00000121. The maximum atomic E-state index is 10.1. The first kappa shape index (κ1) is 10.9. The van der Waals surface area contributed by atoms with Crippen molar-refractivity contribution >= 4 is 18.4 Å². The zero-order chi connectivity index (χ0) is 8.27. The maximum absolute atomic E-state index is 10.1. The molecule has 68 valence electrons. The van der Waals surface area contributed by atoms with E-state index in [1.807, 2.05) is 0 Å². The molecular weight excluding hydrogens is 184 g/mol. The molecule has 0 saturated carbocycles. The number of halogens is 1. The molecule has 6 nitrogen and oxygen atoms in total. The lowest BCUT2D eigenvalue weighted by molar-refractivity contribution is -0.393. The van der Waals surface area contributed by atoms with Gasteiger partial charge in [-0.15, -0.1) is 12.4 Å². The van der Waals surface area contributed by atoms with Crippen LogP contribution in [0.1, 0.15) is 5.69 Å². The first-order valence-electron chi connectivity index (χ1n) is 3.12. The van der Waals surface area contributed by atoms with Crippen molar-refractivity contribution < 1.29 is 4.92 Å². The lowest BCUT2D eigenvalue weighted by Crippen LogP contribution is -2.02. The summed E-state index contributed by atoms with van der Waals surface area (Å²) in [7, 11) is 0. The molecular formula is C5H9ClN4O2. The van der Waals surface area contributed by atoms with Gasteiger partial charge in [0.05, 0.1) is 0 Å². The van der Waals surface area contributed by atoms with Crippen LogP contribution in [0, 0.1) is 10.1 Å². The van der Waals surface area contributed by atoms with Crippen LogP contribution in [-0.2, 0) is 6.42 Å². The highest BCUT2D eigenvalue weighted by Crippen LogP contribution is 2.04. The number of rotatable bonds is 3. The number of aromatic amines is 1. The molecule has 3 N–H and O–H groups in total. The van der Waals surface area contributed by atoms with Gasteiger partial charge in [0.2, 0.25) is 0 Å². The van der Waals surface area contributed by atoms with Crippen molar-refractivity contribution in [1.29, 1.82) is 0 Å². The molecule has 0 radical (unpaired) electrons. The van der Waals surface area contributed by atoms with Gasteiger partial charge in [-0.05, 0) is 11.5 Å². The van der Waals surface area contributed by atoms with Crippen molar-refractivity contribution in [3.63, 3.8) is 0 Å². The topological polar surface area (TPSA) is 97.8 Å². The van der Waals surface area contributed by atoms with E-state index in [2.05, 4.69) is 9.97 Å². The largest absolute Gasteiger partial charge is 0.432 e. The molecule has 1 heterocycles. The van der Waals surface area contributed by atoms with E-state index < -0.39 is 4.92 Å². The molecule has 0 aliphatic carbocycles. The van der Waals surface area contributed by atoms with Gasteiger partial charge in [0.25, 0.3) is 0 Å². The van der Waals surface area contributed by atoms with Crippen LogP contribution >= 0.6 is 12.4 Å². The van der Waals surface area contributed by atoms with Gasteiger partial charge in [-0.1, -0.05) is 4.98 Å². The Hall–Kier alpha value is -1.14. The number of nitrogens with zero attached hydrogens (tertiary/aromatic N) is 2. The molecule has 0 atom stereocenters. The number of hydrogen-bond acceptors (Lipinski definition) is 4. The summed E-state index contributed by atoms with van der Waals surface area (Å²) in [5, 5.41) is 10.1. The van der Waals surface area contributed by atoms with Gasteiger partial charge in [0.15, 0.2) is 0 Å².